The molecule has 0 aliphatic heterocycles. The van der Waals surface area contributed by atoms with Crippen LogP contribution in [0.1, 0.15) is 44.7 Å². The SMILES string of the molecule is Cc1ccccc1CNC(=O)CCCNC(=O)OC(C)(C)C. The van der Waals surface area contributed by atoms with Crippen LogP contribution in [0.4, 0.5) is 4.79 Å². The van der Waals surface area contributed by atoms with E-state index in [-0.39, 0.29) is 5.91 Å². The molecular formula is C17H26N2O3. The normalized spacial score (nSPS) is 10.9. The van der Waals surface area contributed by atoms with Crippen molar-refractivity contribution < 1.29 is 14.3 Å². The first-order valence-electron chi connectivity index (χ1n) is 7.56. The minimum atomic E-state index is -0.505. The average molecular weight is 306 g/mol. The Hall–Kier alpha value is -2.04. The molecule has 0 fully saturated rings. The molecule has 0 bridgehead atoms. The third-order valence-electron chi connectivity index (χ3n) is 2.99. The van der Waals surface area contributed by atoms with Gasteiger partial charge in [-0.2, -0.15) is 0 Å². The molecule has 0 unspecified atom stereocenters. The van der Waals surface area contributed by atoms with Crippen molar-refractivity contribution in [2.75, 3.05) is 6.54 Å². The first-order chi connectivity index (χ1) is 10.3. The number of carbonyl (C=O) groups is 2. The number of aryl methyl sites for hydroxylation is 1. The van der Waals surface area contributed by atoms with Crippen molar-refractivity contribution in [1.29, 1.82) is 0 Å². The predicted molar refractivity (Wildman–Crippen MR) is 86.5 cm³/mol. The van der Waals surface area contributed by atoms with Gasteiger partial charge in [-0.1, -0.05) is 24.3 Å². The highest BCUT2D eigenvalue weighted by atomic mass is 16.6. The van der Waals surface area contributed by atoms with E-state index in [2.05, 4.69) is 10.6 Å². The first-order valence-corrected chi connectivity index (χ1v) is 7.56. The van der Waals surface area contributed by atoms with Gasteiger partial charge in [0.05, 0.1) is 0 Å². The largest absolute Gasteiger partial charge is 0.444 e. The second-order valence-electron chi connectivity index (χ2n) is 6.24. The average Bonchev–Trinajstić information content (AvgIpc) is 2.41. The number of amides is 2. The molecule has 1 aromatic rings. The van der Waals surface area contributed by atoms with Crippen molar-refractivity contribution in [3.8, 4) is 0 Å². The van der Waals surface area contributed by atoms with Gasteiger partial charge in [-0.05, 0) is 45.2 Å². The zero-order valence-corrected chi connectivity index (χ0v) is 13.9. The van der Waals surface area contributed by atoms with Gasteiger partial charge in [-0.3, -0.25) is 4.79 Å². The van der Waals surface area contributed by atoms with Crippen LogP contribution in [0.15, 0.2) is 24.3 Å². The molecule has 0 saturated carbocycles. The second-order valence-corrected chi connectivity index (χ2v) is 6.24. The van der Waals surface area contributed by atoms with Crippen LogP contribution in [0.2, 0.25) is 0 Å². The van der Waals surface area contributed by atoms with E-state index >= 15 is 0 Å². The van der Waals surface area contributed by atoms with Crippen LogP contribution in [0.25, 0.3) is 0 Å². The summed E-state index contributed by atoms with van der Waals surface area (Å²) in [6.07, 6.45) is 0.508. The lowest BCUT2D eigenvalue weighted by Gasteiger charge is -2.19. The van der Waals surface area contributed by atoms with E-state index in [9.17, 15) is 9.59 Å². The Morgan fingerprint density at radius 3 is 2.45 bits per heavy atom. The lowest BCUT2D eigenvalue weighted by atomic mass is 10.1. The maximum absolute atomic E-state index is 11.7. The van der Waals surface area contributed by atoms with Gasteiger partial charge in [-0.25, -0.2) is 4.79 Å². The van der Waals surface area contributed by atoms with Crippen LogP contribution in [-0.4, -0.2) is 24.1 Å². The molecule has 0 aliphatic carbocycles. The molecule has 5 nitrogen and oxygen atoms in total. The fourth-order valence-electron chi connectivity index (χ4n) is 1.84. The second kappa shape index (κ2) is 8.41. The van der Waals surface area contributed by atoms with Crippen molar-refractivity contribution in [3.63, 3.8) is 0 Å². The Morgan fingerprint density at radius 1 is 1.14 bits per heavy atom. The number of alkyl carbamates (subject to hydrolysis) is 1. The minimum absolute atomic E-state index is 0.0192. The van der Waals surface area contributed by atoms with Crippen molar-refractivity contribution in [2.45, 2.75) is 52.7 Å². The molecule has 0 saturated heterocycles. The number of ether oxygens (including phenoxy) is 1. The van der Waals surface area contributed by atoms with Crippen LogP contribution in [0.5, 0.6) is 0 Å². The lowest BCUT2D eigenvalue weighted by Crippen LogP contribution is -2.33. The highest BCUT2D eigenvalue weighted by Gasteiger charge is 2.15. The summed E-state index contributed by atoms with van der Waals surface area (Å²) in [6.45, 7) is 8.41. The molecule has 122 valence electrons. The summed E-state index contributed by atoms with van der Waals surface area (Å²) in [4.78, 5) is 23.2. The Balaban J connectivity index is 2.16. The monoisotopic (exact) mass is 306 g/mol. The van der Waals surface area contributed by atoms with Gasteiger partial charge in [0.15, 0.2) is 0 Å². The predicted octanol–water partition coefficient (Wildman–Crippen LogP) is 2.92. The number of rotatable bonds is 6. The van der Waals surface area contributed by atoms with Gasteiger partial charge in [0, 0.05) is 19.5 Å². The minimum Gasteiger partial charge on any atom is -0.444 e. The van der Waals surface area contributed by atoms with E-state index in [1.165, 1.54) is 0 Å². The smallest absolute Gasteiger partial charge is 0.407 e. The van der Waals surface area contributed by atoms with Crippen LogP contribution in [-0.2, 0) is 16.1 Å². The fourth-order valence-corrected chi connectivity index (χ4v) is 1.84. The molecule has 0 aliphatic rings. The fraction of sp³-hybridized carbons (Fsp3) is 0.529. The number of hydrogen-bond donors (Lipinski definition) is 2. The zero-order chi connectivity index (χ0) is 16.6. The van der Waals surface area contributed by atoms with Gasteiger partial charge < -0.3 is 15.4 Å². The van der Waals surface area contributed by atoms with E-state index in [1.807, 2.05) is 52.0 Å². The van der Waals surface area contributed by atoms with Gasteiger partial charge in [0.25, 0.3) is 0 Å². The quantitative estimate of drug-likeness (QED) is 0.794. The van der Waals surface area contributed by atoms with E-state index in [4.69, 9.17) is 4.74 Å². The van der Waals surface area contributed by atoms with Crippen molar-refractivity contribution in [1.82, 2.24) is 10.6 Å². The molecule has 1 rings (SSSR count). The summed E-state index contributed by atoms with van der Waals surface area (Å²) in [7, 11) is 0. The number of nitrogens with one attached hydrogen (secondary N) is 2. The molecule has 2 amide bonds. The van der Waals surface area contributed by atoms with Crippen LogP contribution < -0.4 is 10.6 Å². The summed E-state index contributed by atoms with van der Waals surface area (Å²) < 4.78 is 5.11. The van der Waals surface area contributed by atoms with E-state index < -0.39 is 11.7 Å². The summed E-state index contributed by atoms with van der Waals surface area (Å²) in [5, 5.41) is 5.52. The molecule has 0 radical (unpaired) electrons. The maximum Gasteiger partial charge on any atom is 0.407 e. The summed E-state index contributed by atoms with van der Waals surface area (Å²) in [6, 6.07) is 7.95. The molecule has 0 aromatic heterocycles. The number of benzene rings is 1. The van der Waals surface area contributed by atoms with Crippen LogP contribution >= 0.6 is 0 Å². The van der Waals surface area contributed by atoms with Crippen molar-refractivity contribution >= 4 is 12.0 Å². The van der Waals surface area contributed by atoms with E-state index in [1.54, 1.807) is 0 Å². The molecule has 0 heterocycles. The molecular weight excluding hydrogens is 280 g/mol. The van der Waals surface area contributed by atoms with Crippen molar-refractivity contribution in [2.24, 2.45) is 0 Å². The molecule has 0 spiro atoms. The Bertz CT molecular complexity index is 507. The summed E-state index contributed by atoms with van der Waals surface area (Å²) >= 11 is 0. The standard InChI is InChI=1S/C17H26N2O3/c1-13-8-5-6-9-14(13)12-19-15(20)10-7-11-18-16(21)22-17(2,3)4/h5-6,8-9H,7,10-12H2,1-4H3,(H,18,21)(H,19,20). The molecule has 1 aromatic carbocycles. The number of carbonyl (C=O) groups excluding carboxylic acids is 2. The molecule has 2 N–H and O–H groups in total. The van der Waals surface area contributed by atoms with Gasteiger partial charge in [0.1, 0.15) is 5.60 Å². The van der Waals surface area contributed by atoms with Crippen LogP contribution in [0.3, 0.4) is 0 Å². The van der Waals surface area contributed by atoms with E-state index in [0.29, 0.717) is 25.9 Å². The Labute approximate surface area is 132 Å². The Kier molecular flexibility index (Phi) is 6.89. The van der Waals surface area contributed by atoms with E-state index in [0.717, 1.165) is 11.1 Å². The summed E-state index contributed by atoms with van der Waals surface area (Å²) in [5.41, 5.74) is 1.77. The third kappa shape index (κ3) is 7.67. The molecule has 0 atom stereocenters. The van der Waals surface area contributed by atoms with Crippen molar-refractivity contribution in [3.05, 3.63) is 35.4 Å². The highest BCUT2D eigenvalue weighted by molar-refractivity contribution is 5.76. The Morgan fingerprint density at radius 2 is 1.82 bits per heavy atom. The highest BCUT2D eigenvalue weighted by Crippen LogP contribution is 2.07. The van der Waals surface area contributed by atoms with Gasteiger partial charge in [0.2, 0.25) is 5.91 Å². The maximum atomic E-state index is 11.7. The molecule has 5 heteroatoms. The zero-order valence-electron chi connectivity index (χ0n) is 13.9. The summed E-state index contributed by atoms with van der Waals surface area (Å²) in [5.74, 6) is -0.0192. The number of hydrogen-bond acceptors (Lipinski definition) is 3. The van der Waals surface area contributed by atoms with Crippen LogP contribution in [0, 0.1) is 6.92 Å². The third-order valence-corrected chi connectivity index (χ3v) is 2.99. The first kappa shape index (κ1) is 18.0. The van der Waals surface area contributed by atoms with Gasteiger partial charge >= 0.3 is 6.09 Å². The van der Waals surface area contributed by atoms with Gasteiger partial charge in [-0.15, -0.1) is 0 Å². The lowest BCUT2D eigenvalue weighted by molar-refractivity contribution is -0.121. The topological polar surface area (TPSA) is 67.4 Å². The molecule has 22 heavy (non-hydrogen) atoms.